The Hall–Kier alpha value is -2.84. The largest absolute Gasteiger partial charge is 0.494 e. The number of carbonyl (C=O) groups is 2. The molecule has 0 spiro atoms. The highest BCUT2D eigenvalue weighted by Gasteiger charge is 2.40. The molecule has 0 N–H and O–H groups in total. The molecule has 2 fully saturated rings. The molecule has 0 radical (unpaired) electrons. The van der Waals surface area contributed by atoms with Crippen molar-refractivity contribution in [3.05, 3.63) is 58.9 Å². The summed E-state index contributed by atoms with van der Waals surface area (Å²) < 4.78 is 30.6. The van der Waals surface area contributed by atoms with Gasteiger partial charge in [-0.05, 0) is 55.3 Å². The highest BCUT2D eigenvalue weighted by atomic mass is 35.5. The van der Waals surface area contributed by atoms with Crippen LogP contribution < -0.4 is 9.47 Å². The molecule has 4 rings (SSSR count). The van der Waals surface area contributed by atoms with Crippen molar-refractivity contribution in [1.82, 2.24) is 9.80 Å². The Bertz CT molecular complexity index is 1030. The van der Waals surface area contributed by atoms with E-state index >= 15 is 0 Å². The number of methoxy groups -OCH3 is 1. The van der Waals surface area contributed by atoms with Crippen LogP contribution in [0.2, 0.25) is 5.02 Å². The number of rotatable bonds is 7. The summed E-state index contributed by atoms with van der Waals surface area (Å²) in [6.07, 6.45) is 1.53. The minimum Gasteiger partial charge on any atom is -0.494 e. The lowest BCUT2D eigenvalue weighted by molar-refractivity contribution is -0.139. The second-order valence-electron chi connectivity index (χ2n) is 9.05. The average molecular weight is 505 g/mol. The molecule has 0 aromatic heterocycles. The van der Waals surface area contributed by atoms with Crippen molar-refractivity contribution in [2.75, 3.05) is 53.1 Å². The number of ether oxygens (including phenoxy) is 3. The third-order valence-electron chi connectivity index (χ3n) is 6.76. The molecule has 0 aliphatic carbocycles. The van der Waals surface area contributed by atoms with Crippen LogP contribution in [0.15, 0.2) is 42.5 Å². The number of morpholine rings is 1. The van der Waals surface area contributed by atoms with Gasteiger partial charge in [0.15, 0.2) is 11.6 Å². The number of likely N-dealkylation sites (tertiary alicyclic amines) is 1. The molecule has 0 unspecified atom stereocenters. The molecule has 2 amide bonds. The van der Waals surface area contributed by atoms with Gasteiger partial charge in [-0.3, -0.25) is 9.59 Å². The van der Waals surface area contributed by atoms with Crippen LogP contribution in [-0.4, -0.2) is 74.7 Å². The van der Waals surface area contributed by atoms with Gasteiger partial charge < -0.3 is 24.0 Å². The van der Waals surface area contributed by atoms with Gasteiger partial charge in [0, 0.05) is 48.6 Å². The molecule has 2 aliphatic heterocycles. The minimum atomic E-state index is -0.572. The van der Waals surface area contributed by atoms with Gasteiger partial charge in [-0.2, -0.15) is 0 Å². The van der Waals surface area contributed by atoms with Crippen LogP contribution in [0.3, 0.4) is 0 Å². The van der Waals surface area contributed by atoms with Gasteiger partial charge in [0.25, 0.3) is 5.91 Å². The van der Waals surface area contributed by atoms with Crippen LogP contribution >= 0.6 is 11.6 Å². The molecule has 2 aromatic carbocycles. The Morgan fingerprint density at radius 2 is 1.71 bits per heavy atom. The fraction of sp³-hybridized carbons (Fsp3) is 0.462. The first kappa shape index (κ1) is 25.3. The molecule has 188 valence electrons. The van der Waals surface area contributed by atoms with E-state index in [0.717, 1.165) is 0 Å². The highest BCUT2D eigenvalue weighted by Crippen LogP contribution is 2.37. The molecule has 2 saturated heterocycles. The topological polar surface area (TPSA) is 68.3 Å². The Kier molecular flexibility index (Phi) is 8.13. The molecular formula is C26H30ClFN2O5. The monoisotopic (exact) mass is 504 g/mol. The number of benzene rings is 2. The maximum atomic E-state index is 14.1. The lowest BCUT2D eigenvalue weighted by atomic mass is 9.75. The molecule has 0 atom stereocenters. The van der Waals surface area contributed by atoms with Crippen LogP contribution in [0.25, 0.3) is 0 Å². The summed E-state index contributed by atoms with van der Waals surface area (Å²) in [7, 11) is 1.38. The molecule has 7 nitrogen and oxygen atoms in total. The summed E-state index contributed by atoms with van der Waals surface area (Å²) in [6.45, 7) is 3.51. The van der Waals surface area contributed by atoms with Gasteiger partial charge >= 0.3 is 0 Å². The lowest BCUT2D eigenvalue weighted by Gasteiger charge is -2.42. The lowest BCUT2D eigenvalue weighted by Crippen LogP contribution is -2.49. The summed E-state index contributed by atoms with van der Waals surface area (Å²) in [5.41, 5.74) is -0.144. The molecule has 9 heteroatoms. The van der Waals surface area contributed by atoms with E-state index in [4.69, 9.17) is 25.8 Å². The number of halogens is 2. The predicted molar refractivity (Wildman–Crippen MR) is 129 cm³/mol. The maximum absolute atomic E-state index is 14.1. The molecule has 0 saturated carbocycles. The van der Waals surface area contributed by atoms with E-state index < -0.39 is 11.2 Å². The summed E-state index contributed by atoms with van der Waals surface area (Å²) in [6, 6.07) is 11.4. The van der Waals surface area contributed by atoms with E-state index in [2.05, 4.69) is 0 Å². The minimum absolute atomic E-state index is 0.0741. The molecule has 2 aliphatic rings. The maximum Gasteiger partial charge on any atom is 0.253 e. The van der Waals surface area contributed by atoms with E-state index in [-0.39, 0.29) is 23.1 Å². The molecule has 35 heavy (non-hydrogen) atoms. The summed E-state index contributed by atoms with van der Waals surface area (Å²) in [5.74, 6) is 0.0421. The van der Waals surface area contributed by atoms with Gasteiger partial charge in [0.2, 0.25) is 5.91 Å². The van der Waals surface area contributed by atoms with Gasteiger partial charge in [-0.15, -0.1) is 0 Å². The Morgan fingerprint density at radius 3 is 2.34 bits per heavy atom. The van der Waals surface area contributed by atoms with Crippen LogP contribution in [0, 0.1) is 11.2 Å². The van der Waals surface area contributed by atoms with Crippen molar-refractivity contribution in [2.24, 2.45) is 5.41 Å². The first-order valence-electron chi connectivity index (χ1n) is 11.8. The fourth-order valence-corrected chi connectivity index (χ4v) is 4.68. The molecule has 2 heterocycles. The Balaban J connectivity index is 1.45. The highest BCUT2D eigenvalue weighted by molar-refractivity contribution is 6.30. The SMILES string of the molecule is COc1ccc(C(=O)N2CCC(COc3ccc(Cl)cc3)(CC(=O)N3CCOCC3)CC2)cc1F. The zero-order chi connectivity index (χ0) is 24.8. The van der Waals surface area contributed by atoms with Crippen molar-refractivity contribution in [3.63, 3.8) is 0 Å². The van der Waals surface area contributed by atoms with Crippen molar-refractivity contribution in [2.45, 2.75) is 19.3 Å². The van der Waals surface area contributed by atoms with Gasteiger partial charge in [0.1, 0.15) is 5.75 Å². The summed E-state index contributed by atoms with van der Waals surface area (Å²) >= 11 is 5.98. The van der Waals surface area contributed by atoms with E-state index in [9.17, 15) is 14.0 Å². The predicted octanol–water partition coefficient (Wildman–Crippen LogP) is 4.04. The normalized spacial score (nSPS) is 17.7. The zero-order valence-electron chi connectivity index (χ0n) is 19.8. The van der Waals surface area contributed by atoms with Gasteiger partial charge in [-0.25, -0.2) is 4.39 Å². The second-order valence-corrected chi connectivity index (χ2v) is 9.49. The second kappa shape index (κ2) is 11.3. The van der Waals surface area contributed by atoms with Crippen molar-refractivity contribution in [3.8, 4) is 11.5 Å². The van der Waals surface area contributed by atoms with E-state index in [1.54, 1.807) is 35.2 Å². The number of hydrogen-bond donors (Lipinski definition) is 0. The average Bonchev–Trinajstić information content (AvgIpc) is 2.89. The van der Waals surface area contributed by atoms with Crippen molar-refractivity contribution >= 4 is 23.4 Å². The summed E-state index contributed by atoms with van der Waals surface area (Å²) in [5, 5.41) is 0.622. The summed E-state index contributed by atoms with van der Waals surface area (Å²) in [4.78, 5) is 29.7. The van der Waals surface area contributed by atoms with Crippen LogP contribution in [0.1, 0.15) is 29.6 Å². The van der Waals surface area contributed by atoms with Crippen LogP contribution in [-0.2, 0) is 9.53 Å². The zero-order valence-corrected chi connectivity index (χ0v) is 20.6. The van der Waals surface area contributed by atoms with E-state index in [0.29, 0.717) is 76.0 Å². The smallest absolute Gasteiger partial charge is 0.253 e. The van der Waals surface area contributed by atoms with Gasteiger partial charge in [0.05, 0.1) is 26.9 Å². The molecular weight excluding hydrogens is 475 g/mol. The number of carbonyl (C=O) groups excluding carboxylic acids is 2. The van der Waals surface area contributed by atoms with E-state index in [1.165, 1.54) is 19.2 Å². The third kappa shape index (κ3) is 6.24. The Morgan fingerprint density at radius 1 is 1.03 bits per heavy atom. The number of hydrogen-bond acceptors (Lipinski definition) is 5. The number of amides is 2. The molecule has 2 aromatic rings. The first-order valence-corrected chi connectivity index (χ1v) is 12.1. The van der Waals surface area contributed by atoms with Gasteiger partial charge in [-0.1, -0.05) is 11.6 Å². The number of piperidine rings is 1. The quantitative estimate of drug-likeness (QED) is 0.569. The van der Waals surface area contributed by atoms with Crippen LogP contribution in [0.4, 0.5) is 4.39 Å². The van der Waals surface area contributed by atoms with Crippen molar-refractivity contribution in [1.29, 1.82) is 0 Å². The van der Waals surface area contributed by atoms with E-state index in [1.807, 2.05) is 4.90 Å². The first-order chi connectivity index (χ1) is 16.9. The third-order valence-corrected chi connectivity index (χ3v) is 7.01. The standard InChI is InChI=1S/C26H30ClFN2O5/c1-33-23-7-2-19(16-22(23)28)25(32)30-10-8-26(9-11-30,17-24(31)29-12-14-34-15-13-29)18-35-21-5-3-20(27)4-6-21/h2-7,16H,8-15,17-18H2,1H3. The van der Waals surface area contributed by atoms with Crippen molar-refractivity contribution < 1.29 is 28.2 Å². The molecule has 0 bridgehead atoms. The number of nitrogens with zero attached hydrogens (tertiary/aromatic N) is 2. The fourth-order valence-electron chi connectivity index (χ4n) is 4.55. The Labute approximate surface area is 209 Å². The van der Waals surface area contributed by atoms with Crippen LogP contribution in [0.5, 0.6) is 11.5 Å².